The van der Waals surface area contributed by atoms with Gasteiger partial charge in [0.15, 0.2) is 0 Å². The molecule has 5 rings (SSSR count). The quantitative estimate of drug-likeness (QED) is 0.393. The Morgan fingerprint density at radius 2 is 1.48 bits per heavy atom. The van der Waals surface area contributed by atoms with Crippen molar-refractivity contribution in [2.45, 2.75) is 0 Å². The molecule has 0 saturated carbocycles. The Hall–Kier alpha value is -3.77. The van der Waals surface area contributed by atoms with Crippen molar-refractivity contribution in [3.05, 3.63) is 106 Å². The number of hydrogen-bond acceptors (Lipinski definition) is 3. The number of nitrogens with zero attached hydrogens (tertiary/aromatic N) is 1. The van der Waals surface area contributed by atoms with Crippen molar-refractivity contribution in [3.8, 4) is 0 Å². The molecule has 150 valence electrons. The molecule has 0 fully saturated rings. The molecule has 0 bridgehead atoms. The predicted molar refractivity (Wildman–Crippen MR) is 124 cm³/mol. The second-order valence-electron chi connectivity index (χ2n) is 7.17. The van der Waals surface area contributed by atoms with Crippen molar-refractivity contribution >= 4 is 55.8 Å². The van der Waals surface area contributed by atoms with Crippen LogP contribution in [0.25, 0.3) is 10.8 Å². The molecule has 31 heavy (non-hydrogen) atoms. The molecule has 0 spiro atoms. The number of carbonyl (C=O) groups excluding carboxylic acids is 3. The summed E-state index contributed by atoms with van der Waals surface area (Å²) in [5.74, 6) is -1.18. The average molecular weight is 471 g/mol. The summed E-state index contributed by atoms with van der Waals surface area (Å²) in [6.45, 7) is 0. The first-order valence-corrected chi connectivity index (χ1v) is 10.4. The molecular formula is C25H15BrN2O3. The number of fused-ring (bicyclic) bond motifs is 2. The second kappa shape index (κ2) is 7.49. The summed E-state index contributed by atoms with van der Waals surface area (Å²) < 4.78 is 0.903. The summed E-state index contributed by atoms with van der Waals surface area (Å²) in [7, 11) is 0. The minimum absolute atomic E-state index is 0.224. The third kappa shape index (κ3) is 3.31. The van der Waals surface area contributed by atoms with Crippen LogP contribution in [-0.4, -0.2) is 17.7 Å². The van der Waals surface area contributed by atoms with Gasteiger partial charge in [0, 0.05) is 21.1 Å². The molecule has 4 aromatic carbocycles. The molecule has 0 aliphatic carbocycles. The lowest BCUT2D eigenvalue weighted by atomic mass is 10.1. The maximum atomic E-state index is 13.2. The fraction of sp³-hybridized carbons (Fsp3) is 0. The van der Waals surface area contributed by atoms with Gasteiger partial charge in [0.25, 0.3) is 17.7 Å². The van der Waals surface area contributed by atoms with Gasteiger partial charge in [-0.05, 0) is 53.9 Å². The Labute approximate surface area is 186 Å². The van der Waals surface area contributed by atoms with Gasteiger partial charge in [0.1, 0.15) is 0 Å². The molecule has 0 saturated heterocycles. The SMILES string of the molecule is O=C(Nc1ccc(Br)cc1)c1ccc2c(c1)C(=O)N(c1cccc3ccccc13)C2=O. The summed E-state index contributed by atoms with van der Waals surface area (Å²) in [6, 6.07) is 24.9. The van der Waals surface area contributed by atoms with Crippen LogP contribution in [0.2, 0.25) is 0 Å². The van der Waals surface area contributed by atoms with Crippen molar-refractivity contribution < 1.29 is 14.4 Å². The number of anilines is 2. The van der Waals surface area contributed by atoms with Crippen molar-refractivity contribution in [1.29, 1.82) is 0 Å². The first kappa shape index (κ1) is 19.2. The Balaban J connectivity index is 1.49. The lowest BCUT2D eigenvalue weighted by molar-refractivity contribution is 0.0925. The van der Waals surface area contributed by atoms with Crippen molar-refractivity contribution in [2.75, 3.05) is 10.2 Å². The van der Waals surface area contributed by atoms with E-state index in [1.165, 1.54) is 17.0 Å². The monoisotopic (exact) mass is 470 g/mol. The third-order valence-corrected chi connectivity index (χ3v) is 5.79. The molecule has 0 aromatic heterocycles. The number of halogens is 1. The number of amides is 3. The average Bonchev–Trinajstić information content (AvgIpc) is 3.04. The van der Waals surface area contributed by atoms with Gasteiger partial charge in [-0.15, -0.1) is 0 Å². The lowest BCUT2D eigenvalue weighted by Gasteiger charge is -2.16. The van der Waals surface area contributed by atoms with E-state index in [4.69, 9.17) is 0 Å². The third-order valence-electron chi connectivity index (χ3n) is 5.26. The smallest absolute Gasteiger partial charge is 0.266 e. The van der Waals surface area contributed by atoms with Gasteiger partial charge in [0.05, 0.1) is 16.8 Å². The predicted octanol–water partition coefficient (Wildman–Crippen LogP) is 5.66. The Morgan fingerprint density at radius 1 is 0.774 bits per heavy atom. The van der Waals surface area contributed by atoms with E-state index in [0.29, 0.717) is 16.9 Å². The van der Waals surface area contributed by atoms with Crippen molar-refractivity contribution in [3.63, 3.8) is 0 Å². The number of imide groups is 1. The summed E-state index contributed by atoms with van der Waals surface area (Å²) in [6.07, 6.45) is 0. The number of nitrogens with one attached hydrogen (secondary N) is 1. The maximum Gasteiger partial charge on any atom is 0.266 e. The van der Waals surface area contributed by atoms with Crippen LogP contribution in [0, 0.1) is 0 Å². The first-order valence-electron chi connectivity index (χ1n) is 9.60. The standard InChI is InChI=1S/C25H15BrN2O3/c26-17-9-11-18(12-10-17)27-23(29)16-8-13-20-21(14-16)25(31)28(24(20)30)22-7-3-5-15-4-1-2-6-19(15)22/h1-14H,(H,27,29). The van der Waals surface area contributed by atoms with Crippen LogP contribution >= 0.6 is 15.9 Å². The highest BCUT2D eigenvalue weighted by Crippen LogP contribution is 2.34. The Bertz CT molecular complexity index is 1370. The molecule has 0 atom stereocenters. The minimum Gasteiger partial charge on any atom is -0.322 e. The van der Waals surface area contributed by atoms with Crippen LogP contribution in [0.5, 0.6) is 0 Å². The highest BCUT2D eigenvalue weighted by atomic mass is 79.9. The van der Waals surface area contributed by atoms with E-state index in [1.54, 1.807) is 24.3 Å². The Kier molecular flexibility index (Phi) is 4.64. The molecule has 1 aliphatic rings. The van der Waals surface area contributed by atoms with E-state index in [1.807, 2.05) is 48.5 Å². The van der Waals surface area contributed by atoms with E-state index in [0.717, 1.165) is 15.2 Å². The second-order valence-corrected chi connectivity index (χ2v) is 8.08. The minimum atomic E-state index is -0.436. The summed E-state index contributed by atoms with van der Waals surface area (Å²) in [5, 5.41) is 4.55. The molecule has 4 aromatic rings. The van der Waals surface area contributed by atoms with Crippen LogP contribution in [0.3, 0.4) is 0 Å². The van der Waals surface area contributed by atoms with Crippen LogP contribution in [0.15, 0.2) is 89.4 Å². The summed E-state index contributed by atoms with van der Waals surface area (Å²) in [5.41, 5.74) is 1.99. The topological polar surface area (TPSA) is 66.5 Å². The summed E-state index contributed by atoms with van der Waals surface area (Å²) >= 11 is 3.36. The number of benzene rings is 4. The van der Waals surface area contributed by atoms with E-state index in [9.17, 15) is 14.4 Å². The van der Waals surface area contributed by atoms with E-state index < -0.39 is 11.8 Å². The zero-order chi connectivity index (χ0) is 21.5. The van der Waals surface area contributed by atoms with Gasteiger partial charge in [-0.3, -0.25) is 14.4 Å². The molecule has 1 N–H and O–H groups in total. The summed E-state index contributed by atoms with van der Waals surface area (Å²) in [4.78, 5) is 40.1. The zero-order valence-electron chi connectivity index (χ0n) is 16.1. The molecule has 0 radical (unpaired) electrons. The molecule has 0 unspecified atom stereocenters. The molecule has 5 nitrogen and oxygen atoms in total. The highest BCUT2D eigenvalue weighted by Gasteiger charge is 2.37. The van der Waals surface area contributed by atoms with Gasteiger partial charge in [0.2, 0.25) is 0 Å². The van der Waals surface area contributed by atoms with E-state index in [2.05, 4.69) is 21.2 Å². The first-order chi connectivity index (χ1) is 15.0. The van der Waals surface area contributed by atoms with Crippen LogP contribution in [-0.2, 0) is 0 Å². The molecular weight excluding hydrogens is 456 g/mol. The fourth-order valence-electron chi connectivity index (χ4n) is 3.74. The van der Waals surface area contributed by atoms with Crippen LogP contribution in [0.1, 0.15) is 31.1 Å². The number of rotatable bonds is 3. The number of hydrogen-bond donors (Lipinski definition) is 1. The van der Waals surface area contributed by atoms with Gasteiger partial charge in [-0.25, -0.2) is 4.90 Å². The van der Waals surface area contributed by atoms with Crippen molar-refractivity contribution in [1.82, 2.24) is 0 Å². The van der Waals surface area contributed by atoms with E-state index >= 15 is 0 Å². The lowest BCUT2D eigenvalue weighted by Crippen LogP contribution is -2.29. The highest BCUT2D eigenvalue weighted by molar-refractivity contribution is 9.10. The maximum absolute atomic E-state index is 13.2. The van der Waals surface area contributed by atoms with Gasteiger partial charge in [-0.1, -0.05) is 52.3 Å². The molecule has 3 amide bonds. The van der Waals surface area contributed by atoms with Crippen molar-refractivity contribution in [2.24, 2.45) is 0 Å². The van der Waals surface area contributed by atoms with Crippen LogP contribution in [0.4, 0.5) is 11.4 Å². The van der Waals surface area contributed by atoms with Gasteiger partial charge >= 0.3 is 0 Å². The zero-order valence-corrected chi connectivity index (χ0v) is 17.7. The molecule has 6 heteroatoms. The molecule has 1 heterocycles. The molecule has 1 aliphatic heterocycles. The normalized spacial score (nSPS) is 12.9. The van der Waals surface area contributed by atoms with Crippen LogP contribution < -0.4 is 10.2 Å². The Morgan fingerprint density at radius 3 is 2.29 bits per heavy atom. The fourth-order valence-corrected chi connectivity index (χ4v) is 4.00. The van der Waals surface area contributed by atoms with E-state index in [-0.39, 0.29) is 17.0 Å². The largest absolute Gasteiger partial charge is 0.322 e. The number of carbonyl (C=O) groups is 3. The van der Waals surface area contributed by atoms with Gasteiger partial charge in [-0.2, -0.15) is 0 Å². The van der Waals surface area contributed by atoms with Gasteiger partial charge < -0.3 is 5.32 Å².